The third-order valence-corrected chi connectivity index (χ3v) is 4.79. The summed E-state index contributed by atoms with van der Waals surface area (Å²) in [5.74, 6) is -0.123. The van der Waals surface area contributed by atoms with Crippen LogP contribution < -0.4 is 10.1 Å². The summed E-state index contributed by atoms with van der Waals surface area (Å²) in [5, 5.41) is 2.85. The van der Waals surface area contributed by atoms with Gasteiger partial charge < -0.3 is 10.1 Å². The number of rotatable bonds is 5. The zero-order chi connectivity index (χ0) is 18.6. The molecule has 0 radical (unpaired) electrons. The number of ether oxygens (including phenoxy) is 1. The third kappa shape index (κ3) is 3.89. The van der Waals surface area contributed by atoms with E-state index in [0.29, 0.717) is 17.6 Å². The van der Waals surface area contributed by atoms with E-state index in [1.165, 1.54) is 37.4 Å². The van der Waals surface area contributed by atoms with Gasteiger partial charge in [-0.05, 0) is 37.8 Å². The van der Waals surface area contributed by atoms with Crippen LogP contribution >= 0.6 is 0 Å². The molecule has 27 heavy (non-hydrogen) atoms. The van der Waals surface area contributed by atoms with Crippen LogP contribution in [0.15, 0.2) is 48.8 Å². The lowest BCUT2D eigenvalue weighted by Crippen LogP contribution is -2.24. The number of amides is 1. The number of halogens is 1. The van der Waals surface area contributed by atoms with Crippen molar-refractivity contribution >= 4 is 16.9 Å². The van der Waals surface area contributed by atoms with Crippen LogP contribution in [0.5, 0.6) is 5.75 Å². The molecule has 4 rings (SSSR count). The Morgan fingerprint density at radius 3 is 2.78 bits per heavy atom. The average Bonchev–Trinajstić information content (AvgIpc) is 3.19. The lowest BCUT2D eigenvalue weighted by Gasteiger charge is -2.17. The maximum absolute atomic E-state index is 13.8. The van der Waals surface area contributed by atoms with Crippen molar-refractivity contribution in [3.8, 4) is 5.75 Å². The Morgan fingerprint density at radius 2 is 1.93 bits per heavy atom. The van der Waals surface area contributed by atoms with Crippen molar-refractivity contribution in [2.45, 2.75) is 38.3 Å². The second-order valence-electron chi connectivity index (χ2n) is 6.69. The zero-order valence-corrected chi connectivity index (χ0v) is 14.8. The fourth-order valence-corrected chi connectivity index (χ4v) is 3.43. The summed E-state index contributed by atoms with van der Waals surface area (Å²) in [6, 6.07) is 10.1. The molecule has 138 valence electrons. The summed E-state index contributed by atoms with van der Waals surface area (Å²) in [6.45, 7) is 0.292. The SMILES string of the molecule is O=C(NCc1ccccc1OC1CCCC1)c1cc(F)cc2nccnc12. The molecule has 5 nitrogen and oxygen atoms in total. The molecule has 2 aromatic carbocycles. The molecular weight excluding hydrogens is 345 g/mol. The lowest BCUT2D eigenvalue weighted by atomic mass is 10.1. The highest BCUT2D eigenvalue weighted by molar-refractivity contribution is 6.04. The summed E-state index contributed by atoms with van der Waals surface area (Å²) in [4.78, 5) is 20.9. The van der Waals surface area contributed by atoms with E-state index in [1.807, 2.05) is 24.3 Å². The van der Waals surface area contributed by atoms with Gasteiger partial charge in [0.05, 0.1) is 17.2 Å². The first-order valence-corrected chi connectivity index (χ1v) is 9.14. The van der Waals surface area contributed by atoms with E-state index in [4.69, 9.17) is 4.74 Å². The number of nitrogens with zero attached hydrogens (tertiary/aromatic N) is 2. The van der Waals surface area contributed by atoms with Crippen LogP contribution in [0.4, 0.5) is 4.39 Å². The number of carbonyl (C=O) groups excluding carboxylic acids is 1. The number of aromatic nitrogens is 2. The fourth-order valence-electron chi connectivity index (χ4n) is 3.43. The Balaban J connectivity index is 1.52. The van der Waals surface area contributed by atoms with Gasteiger partial charge >= 0.3 is 0 Å². The topological polar surface area (TPSA) is 64.1 Å². The minimum absolute atomic E-state index is 0.173. The molecule has 3 aromatic rings. The van der Waals surface area contributed by atoms with Crippen molar-refractivity contribution in [2.24, 2.45) is 0 Å². The van der Waals surface area contributed by atoms with Gasteiger partial charge in [-0.15, -0.1) is 0 Å². The van der Waals surface area contributed by atoms with Crippen molar-refractivity contribution in [1.82, 2.24) is 15.3 Å². The number of hydrogen-bond donors (Lipinski definition) is 1. The highest BCUT2D eigenvalue weighted by Crippen LogP contribution is 2.26. The molecule has 0 saturated heterocycles. The summed E-state index contributed by atoms with van der Waals surface area (Å²) < 4.78 is 19.9. The number of nitrogens with one attached hydrogen (secondary N) is 1. The van der Waals surface area contributed by atoms with Gasteiger partial charge in [-0.25, -0.2) is 4.39 Å². The van der Waals surface area contributed by atoms with E-state index >= 15 is 0 Å². The predicted octanol–water partition coefficient (Wildman–Crippen LogP) is 4.02. The van der Waals surface area contributed by atoms with E-state index in [2.05, 4.69) is 15.3 Å². The Kier molecular flexibility index (Phi) is 4.96. The van der Waals surface area contributed by atoms with Gasteiger partial charge in [-0.2, -0.15) is 0 Å². The molecule has 1 fully saturated rings. The molecule has 1 amide bonds. The molecular formula is C21H20FN3O2. The van der Waals surface area contributed by atoms with E-state index in [9.17, 15) is 9.18 Å². The van der Waals surface area contributed by atoms with E-state index in [1.54, 1.807) is 0 Å². The van der Waals surface area contributed by atoms with E-state index in [-0.39, 0.29) is 11.7 Å². The van der Waals surface area contributed by atoms with Crippen LogP contribution in [-0.4, -0.2) is 22.0 Å². The fraction of sp³-hybridized carbons (Fsp3) is 0.286. The molecule has 1 aromatic heterocycles. The number of fused-ring (bicyclic) bond motifs is 1. The van der Waals surface area contributed by atoms with Gasteiger partial charge in [0, 0.05) is 30.6 Å². The first kappa shape index (κ1) is 17.4. The van der Waals surface area contributed by atoms with Crippen LogP contribution in [0.25, 0.3) is 11.0 Å². The molecule has 0 unspecified atom stereocenters. The largest absolute Gasteiger partial charge is 0.490 e. The van der Waals surface area contributed by atoms with Crippen LogP contribution in [0.3, 0.4) is 0 Å². The highest BCUT2D eigenvalue weighted by Gasteiger charge is 2.18. The normalized spacial score (nSPS) is 14.4. The zero-order valence-electron chi connectivity index (χ0n) is 14.8. The molecule has 1 heterocycles. The quantitative estimate of drug-likeness (QED) is 0.742. The number of carbonyl (C=O) groups is 1. The van der Waals surface area contributed by atoms with E-state index < -0.39 is 11.7 Å². The summed E-state index contributed by atoms with van der Waals surface area (Å²) >= 11 is 0. The van der Waals surface area contributed by atoms with Crippen LogP contribution in [0.1, 0.15) is 41.6 Å². The first-order valence-electron chi connectivity index (χ1n) is 9.14. The molecule has 0 atom stereocenters. The number of hydrogen-bond acceptors (Lipinski definition) is 4. The van der Waals surface area contributed by atoms with E-state index in [0.717, 1.165) is 24.2 Å². The molecule has 1 aliphatic rings. The molecule has 1 N–H and O–H groups in total. The molecule has 0 aliphatic heterocycles. The minimum Gasteiger partial charge on any atom is -0.490 e. The third-order valence-electron chi connectivity index (χ3n) is 4.79. The molecule has 0 spiro atoms. The van der Waals surface area contributed by atoms with Gasteiger partial charge in [0.1, 0.15) is 17.1 Å². The maximum Gasteiger partial charge on any atom is 0.253 e. The number of para-hydroxylation sites is 1. The molecule has 0 bridgehead atoms. The van der Waals surface area contributed by atoms with Gasteiger partial charge in [0.15, 0.2) is 0 Å². The monoisotopic (exact) mass is 365 g/mol. The van der Waals surface area contributed by atoms with Crippen molar-refractivity contribution in [1.29, 1.82) is 0 Å². The Morgan fingerprint density at radius 1 is 1.15 bits per heavy atom. The molecule has 6 heteroatoms. The second-order valence-corrected chi connectivity index (χ2v) is 6.69. The van der Waals surface area contributed by atoms with Crippen molar-refractivity contribution < 1.29 is 13.9 Å². The van der Waals surface area contributed by atoms with Gasteiger partial charge in [-0.3, -0.25) is 14.8 Å². The minimum atomic E-state index is -0.516. The Hall–Kier alpha value is -3.02. The van der Waals surface area contributed by atoms with Crippen LogP contribution in [0, 0.1) is 5.82 Å². The van der Waals surface area contributed by atoms with Crippen molar-refractivity contribution in [3.63, 3.8) is 0 Å². The smallest absolute Gasteiger partial charge is 0.253 e. The summed E-state index contributed by atoms with van der Waals surface area (Å²) in [6.07, 6.45) is 7.71. The van der Waals surface area contributed by atoms with Crippen molar-refractivity contribution in [3.05, 3.63) is 65.7 Å². The summed E-state index contributed by atoms with van der Waals surface area (Å²) in [7, 11) is 0. The molecule has 1 saturated carbocycles. The predicted molar refractivity (Wildman–Crippen MR) is 100.0 cm³/mol. The van der Waals surface area contributed by atoms with Crippen LogP contribution in [0.2, 0.25) is 0 Å². The summed E-state index contributed by atoms with van der Waals surface area (Å²) in [5.41, 5.74) is 1.80. The Bertz CT molecular complexity index is 971. The maximum atomic E-state index is 13.8. The van der Waals surface area contributed by atoms with Crippen LogP contribution in [-0.2, 0) is 6.54 Å². The first-order chi connectivity index (χ1) is 13.2. The number of benzene rings is 2. The van der Waals surface area contributed by atoms with Gasteiger partial charge in [0.2, 0.25) is 0 Å². The standard InChI is InChI=1S/C21H20FN3O2/c22-15-11-17(20-18(12-15)23-9-10-24-20)21(26)25-13-14-5-1-4-8-19(14)27-16-6-2-3-7-16/h1,4-5,8-12,16H,2-3,6-7,13H2,(H,25,26). The second kappa shape index (κ2) is 7.70. The van der Waals surface area contributed by atoms with Gasteiger partial charge in [-0.1, -0.05) is 18.2 Å². The Labute approximate surface area is 156 Å². The van der Waals surface area contributed by atoms with Crippen molar-refractivity contribution in [2.75, 3.05) is 0 Å². The average molecular weight is 365 g/mol. The lowest BCUT2D eigenvalue weighted by molar-refractivity contribution is 0.0951. The molecule has 1 aliphatic carbocycles. The van der Waals surface area contributed by atoms with Gasteiger partial charge in [0.25, 0.3) is 5.91 Å². The highest BCUT2D eigenvalue weighted by atomic mass is 19.1.